The van der Waals surface area contributed by atoms with Crippen LogP contribution in [0.3, 0.4) is 0 Å². The molecule has 2 amide bonds. The Morgan fingerprint density at radius 2 is 1.97 bits per heavy atom. The number of anilines is 1. The standard InChI is InChI=1S/C20H24FN5O5/c1-13(27)24-20(10-4-2-3-5-11-20)19-23-18(31-25-19)9-8-17(28)22-16-12-14(26(29)30)6-7-15(16)21/h6-7,12H,2-5,8-11H2,1H3,(H,22,28)(H,24,27). The summed E-state index contributed by atoms with van der Waals surface area (Å²) in [6, 6.07) is 2.90. The van der Waals surface area contributed by atoms with E-state index in [2.05, 4.69) is 20.8 Å². The zero-order chi connectivity index (χ0) is 22.4. The van der Waals surface area contributed by atoms with Crippen molar-refractivity contribution >= 4 is 23.2 Å². The number of aryl methyl sites for hydroxylation is 1. The fourth-order valence-corrected chi connectivity index (χ4v) is 3.78. The maximum atomic E-state index is 13.8. The third kappa shape index (κ3) is 5.62. The van der Waals surface area contributed by atoms with Gasteiger partial charge < -0.3 is 15.2 Å². The van der Waals surface area contributed by atoms with Gasteiger partial charge in [-0.15, -0.1) is 0 Å². The Labute approximate surface area is 177 Å². The quantitative estimate of drug-likeness (QED) is 0.387. The van der Waals surface area contributed by atoms with Crippen molar-refractivity contribution in [3.8, 4) is 0 Å². The van der Waals surface area contributed by atoms with Crippen LogP contribution in [0.25, 0.3) is 0 Å². The predicted molar refractivity (Wildman–Crippen MR) is 107 cm³/mol. The van der Waals surface area contributed by atoms with Gasteiger partial charge in [-0.2, -0.15) is 4.98 Å². The van der Waals surface area contributed by atoms with E-state index in [9.17, 15) is 24.1 Å². The normalized spacial score (nSPS) is 15.7. The Morgan fingerprint density at radius 3 is 2.61 bits per heavy atom. The lowest BCUT2D eigenvalue weighted by molar-refractivity contribution is -0.384. The number of amides is 2. The number of carbonyl (C=O) groups is 2. The number of rotatable bonds is 7. The third-order valence-corrected chi connectivity index (χ3v) is 5.27. The molecule has 0 atom stereocenters. The number of hydrogen-bond donors (Lipinski definition) is 2. The first kappa shape index (κ1) is 22.3. The number of halogens is 1. The van der Waals surface area contributed by atoms with Gasteiger partial charge in [0.05, 0.1) is 10.6 Å². The smallest absolute Gasteiger partial charge is 0.271 e. The van der Waals surface area contributed by atoms with Crippen LogP contribution in [0.15, 0.2) is 22.7 Å². The fourth-order valence-electron chi connectivity index (χ4n) is 3.78. The summed E-state index contributed by atoms with van der Waals surface area (Å²) < 4.78 is 19.1. The second-order valence-electron chi connectivity index (χ2n) is 7.66. The summed E-state index contributed by atoms with van der Waals surface area (Å²) >= 11 is 0. The number of nitrogens with one attached hydrogen (secondary N) is 2. The molecule has 2 aromatic rings. The molecule has 11 heteroatoms. The first-order chi connectivity index (χ1) is 14.8. The molecule has 1 aliphatic rings. The Morgan fingerprint density at radius 1 is 1.26 bits per heavy atom. The van der Waals surface area contributed by atoms with Gasteiger partial charge in [-0.1, -0.05) is 30.8 Å². The van der Waals surface area contributed by atoms with Crippen molar-refractivity contribution in [3.05, 3.63) is 45.8 Å². The second-order valence-corrected chi connectivity index (χ2v) is 7.66. The first-order valence-corrected chi connectivity index (χ1v) is 10.1. The van der Waals surface area contributed by atoms with Crippen LogP contribution in [0.4, 0.5) is 15.8 Å². The molecular weight excluding hydrogens is 409 g/mol. The molecule has 31 heavy (non-hydrogen) atoms. The van der Waals surface area contributed by atoms with E-state index in [0.717, 1.165) is 43.9 Å². The van der Waals surface area contributed by atoms with Crippen molar-refractivity contribution in [2.75, 3.05) is 5.32 Å². The summed E-state index contributed by atoms with van der Waals surface area (Å²) in [5.41, 5.74) is -1.28. The van der Waals surface area contributed by atoms with Gasteiger partial charge in [0.2, 0.25) is 17.7 Å². The van der Waals surface area contributed by atoms with Crippen LogP contribution in [0.5, 0.6) is 0 Å². The summed E-state index contributed by atoms with van der Waals surface area (Å²) in [6.45, 7) is 1.45. The Balaban J connectivity index is 1.65. The molecule has 1 aliphatic carbocycles. The van der Waals surface area contributed by atoms with E-state index in [4.69, 9.17) is 4.52 Å². The summed E-state index contributed by atoms with van der Waals surface area (Å²) in [4.78, 5) is 38.5. The SMILES string of the molecule is CC(=O)NC1(c2noc(CCC(=O)Nc3cc([N+](=O)[O-])ccc3F)n2)CCCCCC1. The van der Waals surface area contributed by atoms with E-state index < -0.39 is 22.2 Å². The minimum atomic E-state index is -0.773. The molecule has 3 rings (SSSR count). The summed E-state index contributed by atoms with van der Waals surface area (Å²) in [5.74, 6) is -0.884. The Bertz CT molecular complexity index is 969. The molecule has 0 saturated heterocycles. The van der Waals surface area contributed by atoms with E-state index in [1.165, 1.54) is 6.92 Å². The monoisotopic (exact) mass is 433 g/mol. The molecule has 2 N–H and O–H groups in total. The van der Waals surface area contributed by atoms with Crippen molar-refractivity contribution < 1.29 is 23.4 Å². The lowest BCUT2D eigenvalue weighted by Gasteiger charge is -2.30. The van der Waals surface area contributed by atoms with Crippen LogP contribution in [-0.4, -0.2) is 26.9 Å². The molecule has 0 unspecified atom stereocenters. The van der Waals surface area contributed by atoms with E-state index in [-0.39, 0.29) is 36.0 Å². The molecule has 1 aromatic heterocycles. The van der Waals surface area contributed by atoms with Gasteiger partial charge in [0.15, 0.2) is 5.82 Å². The third-order valence-electron chi connectivity index (χ3n) is 5.27. The highest BCUT2D eigenvalue weighted by atomic mass is 19.1. The zero-order valence-electron chi connectivity index (χ0n) is 17.1. The largest absolute Gasteiger partial charge is 0.343 e. The summed E-state index contributed by atoms with van der Waals surface area (Å²) in [5, 5.41) is 20.2. The average molecular weight is 433 g/mol. The van der Waals surface area contributed by atoms with Crippen molar-refractivity contribution in [2.45, 2.75) is 63.8 Å². The van der Waals surface area contributed by atoms with E-state index in [0.29, 0.717) is 18.7 Å². The van der Waals surface area contributed by atoms with Crippen LogP contribution < -0.4 is 10.6 Å². The Hall–Kier alpha value is -3.37. The number of non-ortho nitro benzene ring substituents is 1. The molecule has 0 bridgehead atoms. The number of aromatic nitrogens is 2. The van der Waals surface area contributed by atoms with Crippen molar-refractivity contribution in [1.82, 2.24) is 15.5 Å². The first-order valence-electron chi connectivity index (χ1n) is 10.1. The molecule has 1 fully saturated rings. The topological polar surface area (TPSA) is 140 Å². The molecule has 10 nitrogen and oxygen atoms in total. The molecular formula is C20H24FN5O5. The fraction of sp³-hybridized carbons (Fsp3) is 0.500. The van der Waals surface area contributed by atoms with Crippen LogP contribution >= 0.6 is 0 Å². The van der Waals surface area contributed by atoms with Gasteiger partial charge in [0, 0.05) is 31.9 Å². The highest BCUT2D eigenvalue weighted by molar-refractivity contribution is 5.91. The maximum Gasteiger partial charge on any atom is 0.271 e. The highest BCUT2D eigenvalue weighted by Crippen LogP contribution is 2.34. The van der Waals surface area contributed by atoms with Crippen LogP contribution in [0, 0.1) is 15.9 Å². The van der Waals surface area contributed by atoms with Gasteiger partial charge in [0.25, 0.3) is 5.69 Å². The van der Waals surface area contributed by atoms with E-state index >= 15 is 0 Å². The number of nitro groups is 1. The number of hydrogen-bond acceptors (Lipinski definition) is 7. The maximum absolute atomic E-state index is 13.8. The van der Waals surface area contributed by atoms with Gasteiger partial charge in [-0.3, -0.25) is 19.7 Å². The molecule has 0 aliphatic heterocycles. The molecule has 1 saturated carbocycles. The number of nitrogens with zero attached hydrogens (tertiary/aromatic N) is 3. The minimum absolute atomic E-state index is 0.0864. The van der Waals surface area contributed by atoms with Crippen molar-refractivity contribution in [3.63, 3.8) is 0 Å². The number of benzene rings is 1. The van der Waals surface area contributed by atoms with E-state index in [1.807, 2.05) is 0 Å². The lowest BCUT2D eigenvalue weighted by Crippen LogP contribution is -2.45. The van der Waals surface area contributed by atoms with Gasteiger partial charge in [-0.25, -0.2) is 4.39 Å². The van der Waals surface area contributed by atoms with Crippen LogP contribution in [-0.2, 0) is 21.5 Å². The van der Waals surface area contributed by atoms with Crippen LogP contribution in [0.2, 0.25) is 0 Å². The molecule has 1 aromatic carbocycles. The van der Waals surface area contributed by atoms with Crippen molar-refractivity contribution in [1.29, 1.82) is 0 Å². The van der Waals surface area contributed by atoms with Crippen molar-refractivity contribution in [2.24, 2.45) is 0 Å². The second kappa shape index (κ2) is 9.63. The lowest BCUT2D eigenvalue weighted by atomic mass is 9.89. The predicted octanol–water partition coefficient (Wildman–Crippen LogP) is 3.37. The molecule has 0 radical (unpaired) electrons. The van der Waals surface area contributed by atoms with Gasteiger partial charge >= 0.3 is 0 Å². The number of nitro benzene ring substituents is 1. The molecule has 0 spiro atoms. The molecule has 166 valence electrons. The summed E-state index contributed by atoms with van der Waals surface area (Å²) in [7, 11) is 0. The highest BCUT2D eigenvalue weighted by Gasteiger charge is 2.38. The van der Waals surface area contributed by atoms with Crippen LogP contribution in [0.1, 0.15) is 63.6 Å². The van der Waals surface area contributed by atoms with Gasteiger partial charge in [0.1, 0.15) is 11.4 Å². The van der Waals surface area contributed by atoms with E-state index in [1.54, 1.807) is 0 Å². The summed E-state index contributed by atoms with van der Waals surface area (Å²) in [6.07, 6.45) is 5.43. The Kier molecular flexibility index (Phi) is 6.93. The average Bonchev–Trinajstić information content (AvgIpc) is 3.08. The minimum Gasteiger partial charge on any atom is -0.343 e. The molecule has 1 heterocycles. The zero-order valence-corrected chi connectivity index (χ0v) is 17.1. The number of carbonyl (C=O) groups excluding carboxylic acids is 2. The van der Waals surface area contributed by atoms with Gasteiger partial charge in [-0.05, 0) is 18.9 Å².